The number of carbonyl (C=O) groups is 1. The summed E-state index contributed by atoms with van der Waals surface area (Å²) in [5, 5.41) is 5.65. The average molecular weight is 486 g/mol. The van der Waals surface area contributed by atoms with Gasteiger partial charge in [0, 0.05) is 18.5 Å². The Morgan fingerprint density at radius 2 is 1.82 bits per heavy atom. The Bertz CT molecular complexity index is 1270. The molecule has 3 aromatic rings. The number of rotatable bonds is 8. The molecule has 2 heterocycles. The van der Waals surface area contributed by atoms with Crippen molar-refractivity contribution in [1.29, 1.82) is 0 Å². The van der Waals surface area contributed by atoms with Crippen LogP contribution in [0.4, 0.5) is 0 Å². The van der Waals surface area contributed by atoms with Gasteiger partial charge in [0.25, 0.3) is 0 Å². The lowest BCUT2D eigenvalue weighted by Crippen LogP contribution is -2.29. The number of hydrogen-bond acceptors (Lipinski definition) is 6. The van der Waals surface area contributed by atoms with E-state index in [0.29, 0.717) is 31.1 Å². The van der Waals surface area contributed by atoms with Crippen LogP contribution >= 0.6 is 0 Å². The minimum absolute atomic E-state index is 0.0382. The van der Waals surface area contributed by atoms with Crippen molar-refractivity contribution in [1.82, 2.24) is 14.1 Å². The van der Waals surface area contributed by atoms with Gasteiger partial charge in [-0.25, -0.2) is 8.42 Å². The van der Waals surface area contributed by atoms with Crippen LogP contribution in [0.15, 0.2) is 53.4 Å². The molecule has 4 rings (SSSR count). The summed E-state index contributed by atoms with van der Waals surface area (Å²) >= 11 is 0. The third-order valence-electron chi connectivity index (χ3n) is 5.99. The highest BCUT2D eigenvalue weighted by Crippen LogP contribution is 2.34. The van der Waals surface area contributed by atoms with E-state index in [-0.39, 0.29) is 35.3 Å². The summed E-state index contributed by atoms with van der Waals surface area (Å²) in [7, 11) is -3.66. The second-order valence-corrected chi connectivity index (χ2v) is 10.8. The van der Waals surface area contributed by atoms with Gasteiger partial charge >= 0.3 is 5.97 Å². The Labute approximate surface area is 200 Å². The number of fused-ring (bicyclic) bond motifs is 1. The second-order valence-electron chi connectivity index (χ2n) is 8.89. The van der Waals surface area contributed by atoms with Crippen LogP contribution in [0, 0.1) is 5.92 Å². The molecule has 0 unspecified atom stereocenters. The van der Waals surface area contributed by atoms with Crippen molar-refractivity contribution in [2.45, 2.75) is 51.2 Å². The lowest BCUT2D eigenvalue weighted by atomic mass is 10.1. The summed E-state index contributed by atoms with van der Waals surface area (Å²) in [6.07, 6.45) is -0.127. The fourth-order valence-electron chi connectivity index (χ4n) is 4.42. The number of carbonyl (C=O) groups excluding carboxylic acids is 1. The maximum atomic E-state index is 13.3. The normalized spacial score (nSPS) is 19.1. The highest BCUT2D eigenvalue weighted by atomic mass is 32.2. The smallest absolute Gasteiger partial charge is 0.312 e. The Hall–Kier alpha value is -2.91. The summed E-state index contributed by atoms with van der Waals surface area (Å²) in [5.74, 6) is 0.349. The van der Waals surface area contributed by atoms with Gasteiger partial charge in [0.05, 0.1) is 41.3 Å². The van der Waals surface area contributed by atoms with E-state index in [4.69, 9.17) is 14.6 Å². The summed E-state index contributed by atoms with van der Waals surface area (Å²) in [6.45, 7) is 8.75. The zero-order chi connectivity index (χ0) is 24.5. The molecular weight excluding hydrogens is 454 g/mol. The average Bonchev–Trinajstić information content (AvgIpc) is 3.35. The van der Waals surface area contributed by atoms with Crippen molar-refractivity contribution in [2.24, 2.45) is 5.92 Å². The van der Waals surface area contributed by atoms with Crippen molar-refractivity contribution < 1.29 is 22.7 Å². The molecule has 9 heteroatoms. The van der Waals surface area contributed by atoms with Crippen molar-refractivity contribution in [2.75, 3.05) is 19.7 Å². The Morgan fingerprint density at radius 3 is 2.50 bits per heavy atom. The van der Waals surface area contributed by atoms with Gasteiger partial charge in [-0.1, -0.05) is 25.1 Å². The molecule has 1 saturated heterocycles. The molecule has 0 bridgehead atoms. The molecule has 1 fully saturated rings. The molecule has 2 aromatic carbocycles. The summed E-state index contributed by atoms with van der Waals surface area (Å²) in [5.41, 5.74) is 1.52. The number of ether oxygens (including phenoxy) is 2. The van der Waals surface area contributed by atoms with Gasteiger partial charge in [-0.3, -0.25) is 9.48 Å². The van der Waals surface area contributed by atoms with E-state index in [1.165, 1.54) is 4.31 Å². The maximum Gasteiger partial charge on any atom is 0.312 e. The summed E-state index contributed by atoms with van der Waals surface area (Å²) < 4.78 is 40.8. The van der Waals surface area contributed by atoms with Crippen molar-refractivity contribution in [3.05, 3.63) is 54.2 Å². The first-order valence-corrected chi connectivity index (χ1v) is 13.0. The highest BCUT2D eigenvalue weighted by Gasteiger charge is 2.39. The number of esters is 1. The Kier molecular flexibility index (Phi) is 6.95. The van der Waals surface area contributed by atoms with E-state index >= 15 is 0 Å². The third kappa shape index (κ3) is 4.81. The molecule has 0 amide bonds. The van der Waals surface area contributed by atoms with Gasteiger partial charge in [0.1, 0.15) is 5.75 Å². The standard InChI is InChI=1S/C25H31N3O5S/c1-5-32-19-10-12-20(13-11-19)34(30,31)27-15-18(4)24(16-27)28-23-9-7-6-8-21(23)22(26-28)14-25(29)33-17(2)3/h6-13,17-18,24H,5,14-16H2,1-4H3/t18-,24+/m1/s1. The number of hydrogen-bond donors (Lipinski definition) is 0. The van der Waals surface area contributed by atoms with Crippen molar-refractivity contribution >= 4 is 26.9 Å². The molecule has 34 heavy (non-hydrogen) atoms. The van der Waals surface area contributed by atoms with Crippen LogP contribution in [0.1, 0.15) is 39.4 Å². The largest absolute Gasteiger partial charge is 0.494 e. The fourth-order valence-corrected chi connectivity index (χ4v) is 5.98. The molecule has 1 aromatic heterocycles. The van der Waals surface area contributed by atoms with Gasteiger partial charge in [0.2, 0.25) is 10.0 Å². The summed E-state index contributed by atoms with van der Waals surface area (Å²) in [6, 6.07) is 14.1. The molecule has 8 nitrogen and oxygen atoms in total. The van der Waals surface area contributed by atoms with E-state index in [0.717, 1.165) is 10.9 Å². The molecule has 0 saturated carbocycles. The topological polar surface area (TPSA) is 90.7 Å². The van der Waals surface area contributed by atoms with Crippen molar-refractivity contribution in [3.63, 3.8) is 0 Å². The number of aromatic nitrogens is 2. The number of benzene rings is 2. The fraction of sp³-hybridized carbons (Fsp3) is 0.440. The van der Waals surface area contributed by atoms with Gasteiger partial charge in [-0.2, -0.15) is 9.40 Å². The van der Waals surface area contributed by atoms with Crippen LogP contribution in [0.3, 0.4) is 0 Å². The van der Waals surface area contributed by atoms with E-state index in [9.17, 15) is 13.2 Å². The van der Waals surface area contributed by atoms with Gasteiger partial charge < -0.3 is 9.47 Å². The molecule has 2 atom stereocenters. The molecule has 0 spiro atoms. The molecule has 0 N–H and O–H groups in total. The molecule has 0 aliphatic carbocycles. The first-order chi connectivity index (χ1) is 16.2. The Balaban J connectivity index is 1.61. The molecule has 1 aliphatic heterocycles. The second kappa shape index (κ2) is 9.76. The van der Waals surface area contributed by atoms with E-state index in [1.807, 2.05) is 56.6 Å². The SMILES string of the molecule is CCOc1ccc(S(=O)(=O)N2C[C@@H](C)[C@@H](n3nc(CC(=O)OC(C)C)c4ccccc43)C2)cc1. The quantitative estimate of drug-likeness (QED) is 0.451. The lowest BCUT2D eigenvalue weighted by Gasteiger charge is -2.18. The van der Waals surface area contributed by atoms with Crippen LogP contribution < -0.4 is 4.74 Å². The van der Waals surface area contributed by atoms with Gasteiger partial charge in [-0.15, -0.1) is 0 Å². The molecular formula is C25H31N3O5S. The Morgan fingerprint density at radius 1 is 1.12 bits per heavy atom. The number of para-hydroxylation sites is 1. The van der Waals surface area contributed by atoms with Crippen molar-refractivity contribution in [3.8, 4) is 5.75 Å². The van der Waals surface area contributed by atoms with Crippen LogP contribution in [0.2, 0.25) is 0 Å². The molecule has 0 radical (unpaired) electrons. The highest BCUT2D eigenvalue weighted by molar-refractivity contribution is 7.89. The van der Waals surface area contributed by atoms with Gasteiger partial charge in [0.15, 0.2) is 0 Å². The van der Waals surface area contributed by atoms with E-state index in [1.54, 1.807) is 24.3 Å². The minimum Gasteiger partial charge on any atom is -0.494 e. The zero-order valence-corrected chi connectivity index (χ0v) is 20.8. The van der Waals surface area contributed by atoms with E-state index < -0.39 is 10.0 Å². The zero-order valence-electron chi connectivity index (χ0n) is 20.0. The maximum absolute atomic E-state index is 13.3. The lowest BCUT2D eigenvalue weighted by molar-refractivity contribution is -0.146. The molecule has 1 aliphatic rings. The van der Waals surface area contributed by atoms with Crippen LogP contribution in [0.25, 0.3) is 10.9 Å². The van der Waals surface area contributed by atoms with Crippen LogP contribution in [-0.4, -0.2) is 54.3 Å². The first kappa shape index (κ1) is 24.2. The van der Waals surface area contributed by atoms with E-state index in [2.05, 4.69) is 0 Å². The number of sulfonamides is 1. The third-order valence-corrected chi connectivity index (χ3v) is 7.84. The van der Waals surface area contributed by atoms with Gasteiger partial charge in [-0.05, 0) is 57.0 Å². The van der Waals surface area contributed by atoms with Crippen LogP contribution in [-0.2, 0) is 26.0 Å². The predicted molar refractivity (Wildman–Crippen MR) is 129 cm³/mol. The number of nitrogens with zero attached hydrogens (tertiary/aromatic N) is 3. The minimum atomic E-state index is -3.66. The monoisotopic (exact) mass is 485 g/mol. The summed E-state index contributed by atoms with van der Waals surface area (Å²) in [4.78, 5) is 12.5. The van der Waals surface area contributed by atoms with Crippen LogP contribution in [0.5, 0.6) is 5.75 Å². The first-order valence-electron chi connectivity index (χ1n) is 11.6. The predicted octanol–water partition coefficient (Wildman–Crippen LogP) is 3.81. The molecule has 182 valence electrons.